The molecule has 1 heterocycles. The highest BCUT2D eigenvalue weighted by atomic mass is 32.2. The van der Waals surface area contributed by atoms with Crippen LogP contribution in [0, 0.1) is 0 Å². The molecule has 0 radical (unpaired) electrons. The van der Waals surface area contributed by atoms with Crippen molar-refractivity contribution in [3.63, 3.8) is 0 Å². The third kappa shape index (κ3) is 5.32. The van der Waals surface area contributed by atoms with E-state index in [2.05, 4.69) is 26.9 Å². The molecule has 0 saturated heterocycles. The first kappa shape index (κ1) is 22.3. The molecule has 4 rings (SSSR count). The van der Waals surface area contributed by atoms with Gasteiger partial charge in [0.25, 0.3) is 15.9 Å². The van der Waals surface area contributed by atoms with Crippen molar-refractivity contribution in [3.8, 4) is 0 Å². The zero-order chi connectivity index (χ0) is 23.4. The molecule has 1 amide bonds. The Kier molecular flexibility index (Phi) is 6.32. The van der Waals surface area contributed by atoms with Crippen molar-refractivity contribution in [2.75, 3.05) is 10.0 Å². The van der Waals surface area contributed by atoms with Crippen LogP contribution in [0.5, 0.6) is 0 Å². The second kappa shape index (κ2) is 9.33. The molecule has 1 aromatic heterocycles. The van der Waals surface area contributed by atoms with Crippen molar-refractivity contribution < 1.29 is 13.2 Å². The van der Waals surface area contributed by atoms with Crippen LogP contribution in [-0.4, -0.2) is 24.3 Å². The van der Waals surface area contributed by atoms with Crippen LogP contribution in [-0.2, 0) is 16.4 Å². The Morgan fingerprint density at radius 2 is 1.55 bits per heavy atom. The quantitative estimate of drug-likeness (QED) is 0.311. The first-order chi connectivity index (χ1) is 15.8. The molecule has 0 unspecified atom stereocenters. The average Bonchev–Trinajstić information content (AvgIpc) is 3.18. The normalized spacial score (nSPS) is 11.4. The molecule has 8 nitrogen and oxygen atoms in total. The van der Waals surface area contributed by atoms with Crippen molar-refractivity contribution in [2.24, 2.45) is 0 Å². The lowest BCUT2D eigenvalue weighted by molar-refractivity contribution is 0.102. The number of hydrogen-bond donors (Lipinski definition) is 4. The fraction of sp³-hybridized carbons (Fsp3) is 0.167. The summed E-state index contributed by atoms with van der Waals surface area (Å²) in [6.07, 6.45) is 3.27. The van der Waals surface area contributed by atoms with E-state index in [1.165, 1.54) is 35.9 Å². The van der Waals surface area contributed by atoms with Crippen LogP contribution in [0.4, 0.5) is 11.4 Å². The molecule has 0 aliphatic rings. The van der Waals surface area contributed by atoms with E-state index in [1.54, 1.807) is 12.1 Å². The number of hydrogen-bond acceptors (Lipinski definition) is 4. The Bertz CT molecular complexity index is 1440. The smallest absolute Gasteiger partial charge is 0.322 e. The summed E-state index contributed by atoms with van der Waals surface area (Å²) in [6, 6.07) is 18.2. The number of sulfonamides is 1. The number of nitrogens with one attached hydrogen (secondary N) is 4. The van der Waals surface area contributed by atoms with Gasteiger partial charge in [-0.3, -0.25) is 9.52 Å². The summed E-state index contributed by atoms with van der Waals surface area (Å²) in [4.78, 5) is 29.0. The van der Waals surface area contributed by atoms with Gasteiger partial charge in [0.05, 0.1) is 15.9 Å². The summed E-state index contributed by atoms with van der Waals surface area (Å²) in [6.45, 7) is 2.15. The van der Waals surface area contributed by atoms with Gasteiger partial charge in [0, 0.05) is 16.9 Å². The number of fused-ring (bicyclic) bond motifs is 1. The Hall–Kier alpha value is -3.85. The number of benzene rings is 3. The van der Waals surface area contributed by atoms with Gasteiger partial charge in [-0.15, -0.1) is 0 Å². The number of carbonyl (C=O) groups is 1. The lowest BCUT2D eigenvalue weighted by Gasteiger charge is -2.10. The van der Waals surface area contributed by atoms with Gasteiger partial charge in [0.15, 0.2) is 0 Å². The molecular weight excluding hydrogens is 440 g/mol. The highest BCUT2D eigenvalue weighted by molar-refractivity contribution is 7.92. The maximum atomic E-state index is 12.7. The molecule has 3 aromatic carbocycles. The van der Waals surface area contributed by atoms with Crippen LogP contribution >= 0.6 is 0 Å². The molecule has 0 saturated carbocycles. The number of carbonyl (C=O) groups excluding carboxylic acids is 1. The van der Waals surface area contributed by atoms with Crippen molar-refractivity contribution in [1.29, 1.82) is 0 Å². The summed E-state index contributed by atoms with van der Waals surface area (Å²) >= 11 is 0. The van der Waals surface area contributed by atoms with E-state index in [9.17, 15) is 18.0 Å². The molecule has 0 bridgehead atoms. The SMILES string of the molecule is CCCCc1ccc(NC(=O)c2ccc(NS(=O)(=O)c3ccc4[nH]c(=O)[nH]c4c3)cc2)cc1. The molecule has 4 aromatic rings. The highest BCUT2D eigenvalue weighted by Gasteiger charge is 2.16. The lowest BCUT2D eigenvalue weighted by Crippen LogP contribution is -2.14. The van der Waals surface area contributed by atoms with Gasteiger partial charge in [-0.05, 0) is 73.0 Å². The van der Waals surface area contributed by atoms with E-state index in [4.69, 9.17) is 0 Å². The molecule has 0 atom stereocenters. The number of amides is 1. The van der Waals surface area contributed by atoms with E-state index in [0.29, 0.717) is 28.0 Å². The van der Waals surface area contributed by atoms with Crippen LogP contribution in [0.1, 0.15) is 35.7 Å². The summed E-state index contributed by atoms with van der Waals surface area (Å²) in [5.74, 6) is -0.285. The third-order valence-electron chi connectivity index (χ3n) is 5.23. The maximum absolute atomic E-state index is 12.7. The summed E-state index contributed by atoms with van der Waals surface area (Å²) < 4.78 is 27.9. The number of unbranched alkanes of at least 4 members (excludes halogenated alkanes) is 1. The minimum Gasteiger partial charge on any atom is -0.322 e. The summed E-state index contributed by atoms with van der Waals surface area (Å²) in [5.41, 5.74) is 3.15. The van der Waals surface area contributed by atoms with E-state index in [1.807, 2.05) is 24.3 Å². The first-order valence-corrected chi connectivity index (χ1v) is 12.1. The van der Waals surface area contributed by atoms with E-state index >= 15 is 0 Å². The van der Waals surface area contributed by atoms with Gasteiger partial charge >= 0.3 is 5.69 Å². The Morgan fingerprint density at radius 3 is 2.24 bits per heavy atom. The highest BCUT2D eigenvalue weighted by Crippen LogP contribution is 2.20. The van der Waals surface area contributed by atoms with Gasteiger partial charge in [-0.25, -0.2) is 13.2 Å². The third-order valence-corrected chi connectivity index (χ3v) is 6.61. The zero-order valence-corrected chi connectivity index (χ0v) is 18.8. The van der Waals surface area contributed by atoms with E-state index in [-0.39, 0.29) is 10.8 Å². The van der Waals surface area contributed by atoms with Crippen molar-refractivity contribution in [3.05, 3.63) is 88.3 Å². The molecule has 0 fully saturated rings. The number of aryl methyl sites for hydroxylation is 1. The van der Waals surface area contributed by atoms with Crippen LogP contribution in [0.2, 0.25) is 0 Å². The molecule has 4 N–H and O–H groups in total. The van der Waals surface area contributed by atoms with Crippen molar-refractivity contribution in [2.45, 2.75) is 31.1 Å². The standard InChI is InChI=1S/C24H24N4O4S/c1-2-3-4-16-5-9-18(10-6-16)25-23(29)17-7-11-19(12-8-17)28-33(31,32)20-13-14-21-22(15-20)27-24(30)26-21/h5-15,28H,2-4H2,1H3,(H,25,29)(H2,26,27,30). The van der Waals surface area contributed by atoms with E-state index < -0.39 is 15.7 Å². The van der Waals surface area contributed by atoms with Crippen molar-refractivity contribution >= 4 is 38.3 Å². The molecule has 33 heavy (non-hydrogen) atoms. The predicted octanol–water partition coefficient (Wildman–Crippen LogP) is 4.25. The molecule has 9 heteroatoms. The van der Waals surface area contributed by atoms with Gasteiger partial charge in [-0.1, -0.05) is 25.5 Å². The zero-order valence-electron chi connectivity index (χ0n) is 18.0. The largest absolute Gasteiger partial charge is 0.323 e. The Balaban J connectivity index is 1.42. The fourth-order valence-electron chi connectivity index (χ4n) is 3.42. The van der Waals surface area contributed by atoms with Gasteiger partial charge in [-0.2, -0.15) is 0 Å². The number of H-pyrrole nitrogens is 2. The second-order valence-corrected chi connectivity index (χ2v) is 9.41. The maximum Gasteiger partial charge on any atom is 0.323 e. The monoisotopic (exact) mass is 464 g/mol. The minimum absolute atomic E-state index is 0.00875. The van der Waals surface area contributed by atoms with Crippen LogP contribution in [0.3, 0.4) is 0 Å². The van der Waals surface area contributed by atoms with Crippen molar-refractivity contribution in [1.82, 2.24) is 9.97 Å². The average molecular weight is 465 g/mol. The molecule has 0 aliphatic carbocycles. The fourth-order valence-corrected chi connectivity index (χ4v) is 4.51. The molecule has 170 valence electrons. The number of imidazole rings is 1. The van der Waals surface area contributed by atoms with E-state index in [0.717, 1.165) is 19.3 Å². The number of aromatic amines is 2. The molecule has 0 spiro atoms. The first-order valence-electron chi connectivity index (χ1n) is 10.6. The number of anilines is 2. The number of rotatable bonds is 8. The topological polar surface area (TPSA) is 124 Å². The van der Waals surface area contributed by atoms with Gasteiger partial charge in [0.2, 0.25) is 0 Å². The number of aromatic nitrogens is 2. The lowest BCUT2D eigenvalue weighted by atomic mass is 10.1. The van der Waals surface area contributed by atoms with Gasteiger partial charge < -0.3 is 15.3 Å². The minimum atomic E-state index is -3.87. The summed E-state index contributed by atoms with van der Waals surface area (Å²) in [7, 11) is -3.87. The predicted molar refractivity (Wildman–Crippen MR) is 129 cm³/mol. The Morgan fingerprint density at radius 1 is 0.879 bits per heavy atom. The van der Waals surface area contributed by atoms with Gasteiger partial charge in [0.1, 0.15) is 0 Å². The molecule has 0 aliphatic heterocycles. The second-order valence-electron chi connectivity index (χ2n) is 7.72. The van der Waals surface area contributed by atoms with Crippen LogP contribution < -0.4 is 15.7 Å². The Labute approximate surface area is 191 Å². The van der Waals surface area contributed by atoms with Crippen LogP contribution in [0.15, 0.2) is 76.4 Å². The van der Waals surface area contributed by atoms with Crippen LogP contribution in [0.25, 0.3) is 11.0 Å². The summed E-state index contributed by atoms with van der Waals surface area (Å²) in [5, 5.41) is 2.84. The molecular formula is C24H24N4O4S.